The van der Waals surface area contributed by atoms with Gasteiger partial charge in [0.05, 0.1) is 11.0 Å². The number of carbonyl (C=O) groups is 1. The van der Waals surface area contributed by atoms with Gasteiger partial charge in [0.2, 0.25) is 5.91 Å². The number of imidazole rings is 1. The van der Waals surface area contributed by atoms with Crippen LogP contribution in [0.3, 0.4) is 0 Å². The fourth-order valence-corrected chi connectivity index (χ4v) is 5.62. The summed E-state index contributed by atoms with van der Waals surface area (Å²) in [6, 6.07) is 19.2. The molecule has 0 bridgehead atoms. The molecule has 186 valence electrons. The topological polar surface area (TPSA) is 38.1 Å². The third-order valence-electron chi connectivity index (χ3n) is 8.08. The van der Waals surface area contributed by atoms with Crippen LogP contribution >= 0.6 is 0 Å². The summed E-state index contributed by atoms with van der Waals surface area (Å²) in [4.78, 5) is 20.2. The van der Waals surface area contributed by atoms with Crippen LogP contribution in [-0.4, -0.2) is 22.0 Å². The predicted octanol–water partition coefficient (Wildman–Crippen LogP) is 7.18. The second kappa shape index (κ2) is 9.93. The summed E-state index contributed by atoms with van der Waals surface area (Å²) in [7, 11) is 0. The number of hydrogen-bond acceptors (Lipinski definition) is 2. The first kappa shape index (κ1) is 24.3. The number of hydrogen-bond donors (Lipinski definition) is 0. The van der Waals surface area contributed by atoms with E-state index in [1.165, 1.54) is 46.2 Å². The van der Waals surface area contributed by atoms with E-state index in [1.807, 2.05) is 11.0 Å². The van der Waals surface area contributed by atoms with Crippen LogP contribution < -0.4 is 4.90 Å². The van der Waals surface area contributed by atoms with Gasteiger partial charge >= 0.3 is 0 Å². The Hall–Kier alpha value is -3.40. The van der Waals surface area contributed by atoms with Crippen LogP contribution in [0.4, 0.5) is 5.69 Å². The highest BCUT2D eigenvalue weighted by Crippen LogP contribution is 2.34. The standard InChI is InChI=1S/C32H37N3O/c1-6-7-10-25-13-15-27(16-14-25)34-19-26(18-31(34)36)32-33-29-11-8-9-12-30(29)35(32)20-28-23(4)21(2)17-22(3)24(28)5/h8-9,11-17,26H,6-7,10,18-20H2,1-5H3. The molecule has 0 N–H and O–H groups in total. The Morgan fingerprint density at radius 1 is 0.944 bits per heavy atom. The minimum atomic E-state index is 0.0659. The first-order chi connectivity index (χ1) is 17.4. The van der Waals surface area contributed by atoms with Gasteiger partial charge < -0.3 is 9.47 Å². The lowest BCUT2D eigenvalue weighted by molar-refractivity contribution is -0.117. The number of carbonyl (C=O) groups excluding carboxylic acids is 1. The van der Waals surface area contributed by atoms with Gasteiger partial charge in [0, 0.05) is 31.1 Å². The zero-order valence-corrected chi connectivity index (χ0v) is 22.3. The molecule has 0 spiro atoms. The van der Waals surface area contributed by atoms with E-state index in [9.17, 15) is 4.79 Å². The lowest BCUT2D eigenvalue weighted by Crippen LogP contribution is -2.24. The number of anilines is 1. The smallest absolute Gasteiger partial charge is 0.227 e. The summed E-state index contributed by atoms with van der Waals surface area (Å²) in [6.07, 6.45) is 3.97. The largest absolute Gasteiger partial charge is 0.323 e. The van der Waals surface area contributed by atoms with Gasteiger partial charge in [-0.15, -0.1) is 0 Å². The fourth-order valence-electron chi connectivity index (χ4n) is 5.62. The van der Waals surface area contributed by atoms with Crippen molar-refractivity contribution >= 4 is 22.6 Å². The van der Waals surface area contributed by atoms with Crippen molar-refractivity contribution in [3.63, 3.8) is 0 Å². The van der Waals surface area contributed by atoms with Crippen molar-refractivity contribution in [2.75, 3.05) is 11.4 Å². The predicted molar refractivity (Wildman–Crippen MR) is 149 cm³/mol. The van der Waals surface area contributed by atoms with Crippen LogP contribution in [0.1, 0.15) is 71.3 Å². The number of unbranched alkanes of at least 4 members (excludes halogenated alkanes) is 1. The number of aryl methyl sites for hydroxylation is 3. The number of para-hydroxylation sites is 2. The Balaban J connectivity index is 1.49. The molecule has 0 radical (unpaired) electrons. The minimum absolute atomic E-state index is 0.0659. The summed E-state index contributed by atoms with van der Waals surface area (Å²) < 4.78 is 2.36. The summed E-state index contributed by atoms with van der Waals surface area (Å²) in [6.45, 7) is 12.5. The molecular formula is C32H37N3O. The lowest BCUT2D eigenvalue weighted by Gasteiger charge is -2.20. The maximum absolute atomic E-state index is 13.2. The molecule has 0 aliphatic carbocycles. The Morgan fingerprint density at radius 3 is 2.33 bits per heavy atom. The maximum Gasteiger partial charge on any atom is 0.227 e. The molecule has 1 fully saturated rings. The number of nitrogens with zero attached hydrogens (tertiary/aromatic N) is 3. The molecule has 1 saturated heterocycles. The molecule has 4 nitrogen and oxygen atoms in total. The van der Waals surface area contributed by atoms with Crippen molar-refractivity contribution in [2.24, 2.45) is 0 Å². The van der Waals surface area contributed by atoms with E-state index in [4.69, 9.17) is 4.98 Å². The highest BCUT2D eigenvalue weighted by Gasteiger charge is 2.35. The summed E-state index contributed by atoms with van der Waals surface area (Å²) in [5.74, 6) is 1.26. The monoisotopic (exact) mass is 479 g/mol. The van der Waals surface area contributed by atoms with Gasteiger partial charge in [0.25, 0.3) is 0 Å². The van der Waals surface area contributed by atoms with Gasteiger partial charge in [-0.1, -0.05) is 43.7 Å². The van der Waals surface area contributed by atoms with Gasteiger partial charge in [-0.05, 0) is 98.2 Å². The molecule has 1 aliphatic heterocycles. The van der Waals surface area contributed by atoms with Crippen LogP contribution in [0.2, 0.25) is 0 Å². The quantitative estimate of drug-likeness (QED) is 0.281. The molecule has 4 aromatic rings. The van der Waals surface area contributed by atoms with Crippen molar-refractivity contribution in [3.05, 3.63) is 93.8 Å². The van der Waals surface area contributed by atoms with Crippen molar-refractivity contribution in [1.82, 2.24) is 9.55 Å². The summed E-state index contributed by atoms with van der Waals surface area (Å²) in [5, 5.41) is 0. The fraction of sp³-hybridized carbons (Fsp3) is 0.375. The Kier molecular flexibility index (Phi) is 6.70. The molecule has 1 atom stereocenters. The molecule has 4 heteroatoms. The van der Waals surface area contributed by atoms with Gasteiger partial charge in [0.15, 0.2) is 0 Å². The average molecular weight is 480 g/mol. The molecule has 36 heavy (non-hydrogen) atoms. The van der Waals surface area contributed by atoms with E-state index in [2.05, 4.69) is 87.7 Å². The van der Waals surface area contributed by atoms with Crippen molar-refractivity contribution in [3.8, 4) is 0 Å². The number of aromatic nitrogens is 2. The highest BCUT2D eigenvalue weighted by molar-refractivity contribution is 5.96. The molecule has 1 aliphatic rings. The van der Waals surface area contributed by atoms with E-state index in [-0.39, 0.29) is 11.8 Å². The van der Waals surface area contributed by atoms with Crippen molar-refractivity contribution in [2.45, 2.75) is 72.8 Å². The molecule has 2 heterocycles. The number of rotatable bonds is 7. The zero-order chi connectivity index (χ0) is 25.4. The van der Waals surface area contributed by atoms with Crippen LogP contribution in [0, 0.1) is 27.7 Å². The Labute approximate surface area is 215 Å². The van der Waals surface area contributed by atoms with Crippen LogP contribution in [0.5, 0.6) is 0 Å². The van der Waals surface area contributed by atoms with Crippen LogP contribution in [0.15, 0.2) is 54.6 Å². The first-order valence-electron chi connectivity index (χ1n) is 13.3. The average Bonchev–Trinajstić information content (AvgIpc) is 3.45. The third kappa shape index (κ3) is 4.45. The van der Waals surface area contributed by atoms with Crippen molar-refractivity contribution < 1.29 is 4.79 Å². The SMILES string of the molecule is CCCCc1ccc(N2CC(c3nc4ccccc4n3Cc3c(C)c(C)cc(C)c3C)CC2=O)cc1. The Bertz CT molecular complexity index is 1390. The first-order valence-corrected chi connectivity index (χ1v) is 13.3. The molecule has 3 aromatic carbocycles. The highest BCUT2D eigenvalue weighted by atomic mass is 16.2. The lowest BCUT2D eigenvalue weighted by atomic mass is 9.94. The Morgan fingerprint density at radius 2 is 1.64 bits per heavy atom. The van der Waals surface area contributed by atoms with Gasteiger partial charge in [-0.3, -0.25) is 4.79 Å². The molecule has 1 amide bonds. The summed E-state index contributed by atoms with van der Waals surface area (Å²) in [5.41, 5.74) is 11.2. The molecule has 1 aromatic heterocycles. The van der Waals surface area contributed by atoms with E-state index >= 15 is 0 Å². The van der Waals surface area contributed by atoms with Crippen LogP contribution in [-0.2, 0) is 17.8 Å². The third-order valence-corrected chi connectivity index (χ3v) is 8.08. The molecular weight excluding hydrogens is 442 g/mol. The minimum Gasteiger partial charge on any atom is -0.323 e. The van der Waals surface area contributed by atoms with E-state index in [0.29, 0.717) is 13.0 Å². The molecule has 1 unspecified atom stereocenters. The normalized spacial score (nSPS) is 15.9. The van der Waals surface area contributed by atoms with Crippen LogP contribution in [0.25, 0.3) is 11.0 Å². The molecule has 5 rings (SSSR count). The van der Waals surface area contributed by atoms with Gasteiger partial charge in [0.1, 0.15) is 5.82 Å². The molecule has 0 saturated carbocycles. The van der Waals surface area contributed by atoms with E-state index in [0.717, 1.165) is 35.5 Å². The maximum atomic E-state index is 13.2. The van der Waals surface area contributed by atoms with Gasteiger partial charge in [-0.2, -0.15) is 0 Å². The van der Waals surface area contributed by atoms with Gasteiger partial charge in [-0.25, -0.2) is 4.98 Å². The second-order valence-electron chi connectivity index (χ2n) is 10.5. The number of amides is 1. The number of benzene rings is 3. The van der Waals surface area contributed by atoms with Crippen molar-refractivity contribution in [1.29, 1.82) is 0 Å². The number of fused-ring (bicyclic) bond motifs is 1. The summed E-state index contributed by atoms with van der Waals surface area (Å²) >= 11 is 0. The van der Waals surface area contributed by atoms with E-state index in [1.54, 1.807) is 0 Å². The second-order valence-corrected chi connectivity index (χ2v) is 10.5. The zero-order valence-electron chi connectivity index (χ0n) is 22.3. The van der Waals surface area contributed by atoms with E-state index < -0.39 is 0 Å².